The van der Waals surface area contributed by atoms with Gasteiger partial charge in [-0.05, 0) is 23.8 Å². The van der Waals surface area contributed by atoms with Crippen molar-refractivity contribution in [2.75, 3.05) is 0 Å². The van der Waals surface area contributed by atoms with Crippen molar-refractivity contribution in [3.8, 4) is 0 Å². The Morgan fingerprint density at radius 1 is 1.31 bits per heavy atom. The second-order valence-corrected chi connectivity index (χ2v) is 5.95. The van der Waals surface area contributed by atoms with Crippen LogP contribution in [0.5, 0.6) is 0 Å². The normalized spacial score (nSPS) is 17.1. The van der Waals surface area contributed by atoms with Crippen molar-refractivity contribution in [1.82, 2.24) is 0 Å². The average molecular weight is 219 g/mol. The maximum Gasteiger partial charge on any atom is 0.0989 e. The van der Waals surface area contributed by atoms with Gasteiger partial charge in [0, 0.05) is 5.56 Å². The lowest BCUT2D eigenvalue weighted by Crippen LogP contribution is -2.36. The molecule has 0 fully saturated rings. The van der Waals surface area contributed by atoms with Crippen LogP contribution in [-0.4, -0.2) is 5.11 Å². The van der Waals surface area contributed by atoms with Gasteiger partial charge in [0.2, 0.25) is 0 Å². The molecule has 0 aliphatic heterocycles. The minimum absolute atomic E-state index is 0.211. The molecular weight excluding hydrogens is 204 g/mol. The fourth-order valence-electron chi connectivity index (χ4n) is 1.05. The van der Waals surface area contributed by atoms with E-state index in [-0.39, 0.29) is 5.41 Å². The van der Waals surface area contributed by atoms with E-state index in [4.69, 9.17) is 11.6 Å². The molecule has 13 heavy (non-hydrogen) atoms. The van der Waals surface area contributed by atoms with E-state index in [1.54, 1.807) is 6.92 Å². The summed E-state index contributed by atoms with van der Waals surface area (Å²) in [5, 5.41) is 12.2. The standard InChI is InChI=1S/C10H15ClOS/c1-9(2,3)10(4,12)7-5-6-13-8(7)11/h5-6,12H,1-4H3. The van der Waals surface area contributed by atoms with E-state index in [0.717, 1.165) is 5.56 Å². The molecule has 1 nitrogen and oxygen atoms in total. The Hall–Kier alpha value is -0.0500. The van der Waals surface area contributed by atoms with Gasteiger partial charge in [-0.2, -0.15) is 0 Å². The Kier molecular flexibility index (Phi) is 2.77. The first kappa shape index (κ1) is 11.0. The zero-order chi connectivity index (χ0) is 10.3. The average Bonchev–Trinajstić information content (AvgIpc) is 2.32. The quantitative estimate of drug-likeness (QED) is 0.763. The SMILES string of the molecule is CC(C)(C)C(C)(O)c1ccsc1Cl. The molecule has 0 amide bonds. The second-order valence-electron chi connectivity index (χ2n) is 4.43. The summed E-state index contributed by atoms with van der Waals surface area (Å²) >= 11 is 7.44. The number of hydrogen-bond acceptors (Lipinski definition) is 2. The maximum atomic E-state index is 10.3. The number of thiophene rings is 1. The Morgan fingerprint density at radius 3 is 2.15 bits per heavy atom. The van der Waals surface area contributed by atoms with Crippen molar-refractivity contribution in [3.63, 3.8) is 0 Å². The zero-order valence-electron chi connectivity index (χ0n) is 8.39. The highest BCUT2D eigenvalue weighted by atomic mass is 35.5. The van der Waals surface area contributed by atoms with Crippen LogP contribution in [0.25, 0.3) is 0 Å². The van der Waals surface area contributed by atoms with Gasteiger partial charge in [0.15, 0.2) is 0 Å². The maximum absolute atomic E-state index is 10.3. The van der Waals surface area contributed by atoms with Crippen molar-refractivity contribution in [2.45, 2.75) is 33.3 Å². The summed E-state index contributed by atoms with van der Waals surface area (Å²) in [5.41, 5.74) is -0.256. The lowest BCUT2D eigenvalue weighted by molar-refractivity contribution is -0.0465. The molecule has 1 atom stereocenters. The van der Waals surface area contributed by atoms with Gasteiger partial charge in [-0.15, -0.1) is 11.3 Å². The minimum atomic E-state index is -0.871. The summed E-state index contributed by atoms with van der Waals surface area (Å²) in [6.45, 7) is 7.81. The van der Waals surface area contributed by atoms with E-state index < -0.39 is 5.60 Å². The molecule has 0 aromatic carbocycles. The molecule has 1 heterocycles. The Balaban J connectivity index is 3.15. The molecule has 0 saturated carbocycles. The highest BCUT2D eigenvalue weighted by Gasteiger charge is 2.38. The van der Waals surface area contributed by atoms with E-state index in [2.05, 4.69) is 0 Å². The van der Waals surface area contributed by atoms with Crippen LogP contribution in [-0.2, 0) is 5.60 Å². The first-order valence-electron chi connectivity index (χ1n) is 4.22. The molecular formula is C10H15ClOS. The predicted octanol–water partition coefficient (Wildman–Crippen LogP) is 3.66. The van der Waals surface area contributed by atoms with Gasteiger partial charge in [0.05, 0.1) is 9.94 Å². The van der Waals surface area contributed by atoms with Crippen LogP contribution in [0.3, 0.4) is 0 Å². The van der Waals surface area contributed by atoms with Crippen molar-refractivity contribution in [3.05, 3.63) is 21.3 Å². The van der Waals surface area contributed by atoms with Gasteiger partial charge >= 0.3 is 0 Å². The fourth-order valence-corrected chi connectivity index (χ4v) is 2.17. The smallest absolute Gasteiger partial charge is 0.0989 e. The van der Waals surface area contributed by atoms with E-state index in [0.29, 0.717) is 4.34 Å². The molecule has 0 spiro atoms. The third-order valence-corrected chi connectivity index (χ3v) is 3.77. The van der Waals surface area contributed by atoms with Gasteiger partial charge in [-0.1, -0.05) is 32.4 Å². The summed E-state index contributed by atoms with van der Waals surface area (Å²) in [7, 11) is 0. The van der Waals surface area contributed by atoms with E-state index in [9.17, 15) is 5.11 Å². The molecule has 1 aromatic heterocycles. The van der Waals surface area contributed by atoms with Crippen LogP contribution in [0.2, 0.25) is 4.34 Å². The Bertz CT molecular complexity index is 296. The summed E-state index contributed by atoms with van der Waals surface area (Å²) < 4.78 is 0.680. The van der Waals surface area contributed by atoms with Crippen molar-refractivity contribution in [1.29, 1.82) is 0 Å². The topological polar surface area (TPSA) is 20.2 Å². The van der Waals surface area contributed by atoms with Crippen LogP contribution >= 0.6 is 22.9 Å². The lowest BCUT2D eigenvalue weighted by atomic mass is 9.74. The lowest BCUT2D eigenvalue weighted by Gasteiger charge is -2.37. The van der Waals surface area contributed by atoms with Crippen LogP contribution < -0.4 is 0 Å². The highest BCUT2D eigenvalue weighted by molar-refractivity contribution is 7.14. The second kappa shape index (κ2) is 3.26. The third-order valence-electron chi connectivity index (χ3n) is 2.60. The minimum Gasteiger partial charge on any atom is -0.385 e. The molecule has 1 unspecified atom stereocenters. The molecule has 0 radical (unpaired) electrons. The molecule has 1 N–H and O–H groups in total. The molecule has 0 bridgehead atoms. The van der Waals surface area contributed by atoms with Crippen LogP contribution in [0.15, 0.2) is 11.4 Å². The molecule has 0 saturated heterocycles. The van der Waals surface area contributed by atoms with E-state index >= 15 is 0 Å². The first-order chi connectivity index (χ1) is 5.77. The van der Waals surface area contributed by atoms with Crippen LogP contribution in [0.1, 0.15) is 33.3 Å². The summed E-state index contributed by atoms with van der Waals surface area (Å²) in [6.07, 6.45) is 0. The molecule has 0 aliphatic carbocycles. The summed E-state index contributed by atoms with van der Waals surface area (Å²) in [4.78, 5) is 0. The Labute approximate surface area is 88.4 Å². The zero-order valence-corrected chi connectivity index (χ0v) is 9.96. The fraction of sp³-hybridized carbons (Fsp3) is 0.600. The van der Waals surface area contributed by atoms with Gasteiger partial charge in [-0.3, -0.25) is 0 Å². The van der Waals surface area contributed by atoms with Gasteiger partial charge in [0.1, 0.15) is 0 Å². The predicted molar refractivity (Wildman–Crippen MR) is 58.4 cm³/mol. The van der Waals surface area contributed by atoms with Gasteiger partial charge in [0.25, 0.3) is 0 Å². The molecule has 1 rings (SSSR count). The van der Waals surface area contributed by atoms with Crippen molar-refractivity contribution in [2.24, 2.45) is 5.41 Å². The van der Waals surface area contributed by atoms with Crippen molar-refractivity contribution < 1.29 is 5.11 Å². The summed E-state index contributed by atoms with van der Waals surface area (Å²) in [5.74, 6) is 0. The number of aliphatic hydroxyl groups is 1. The van der Waals surface area contributed by atoms with E-state index in [1.165, 1.54) is 11.3 Å². The highest BCUT2D eigenvalue weighted by Crippen LogP contribution is 2.43. The molecule has 1 aromatic rings. The van der Waals surface area contributed by atoms with E-state index in [1.807, 2.05) is 32.2 Å². The number of hydrogen-bond donors (Lipinski definition) is 1. The Morgan fingerprint density at radius 2 is 1.85 bits per heavy atom. The number of halogens is 1. The summed E-state index contributed by atoms with van der Waals surface area (Å²) in [6, 6.07) is 1.89. The van der Waals surface area contributed by atoms with Crippen molar-refractivity contribution >= 4 is 22.9 Å². The molecule has 74 valence electrons. The van der Waals surface area contributed by atoms with Gasteiger partial charge in [-0.25, -0.2) is 0 Å². The van der Waals surface area contributed by atoms with Crippen LogP contribution in [0, 0.1) is 5.41 Å². The monoisotopic (exact) mass is 218 g/mol. The van der Waals surface area contributed by atoms with Crippen LogP contribution in [0.4, 0.5) is 0 Å². The first-order valence-corrected chi connectivity index (χ1v) is 5.48. The molecule has 3 heteroatoms. The molecule has 0 aliphatic rings. The van der Waals surface area contributed by atoms with Gasteiger partial charge < -0.3 is 5.11 Å². The third kappa shape index (κ3) is 1.90. The largest absolute Gasteiger partial charge is 0.385 e. The number of rotatable bonds is 1.